The highest BCUT2D eigenvalue weighted by Crippen LogP contribution is 2.64. The number of rotatable bonds is 1. The average molecular weight is 310 g/mol. The smallest absolute Gasteiger partial charge is 0.149 e. The van der Waals surface area contributed by atoms with Gasteiger partial charge in [-0.1, -0.05) is 17.3 Å². The van der Waals surface area contributed by atoms with Gasteiger partial charge in [0.1, 0.15) is 11.3 Å². The van der Waals surface area contributed by atoms with Crippen molar-refractivity contribution in [3.05, 3.63) is 35.4 Å². The van der Waals surface area contributed by atoms with Crippen LogP contribution in [0.25, 0.3) is 0 Å². The molecule has 0 N–H and O–H groups in total. The Kier molecular flexibility index (Phi) is 2.56. The Hall–Kier alpha value is -1.89. The van der Waals surface area contributed by atoms with E-state index in [2.05, 4.69) is 11.2 Å². The van der Waals surface area contributed by atoms with Crippen LogP contribution in [0.3, 0.4) is 0 Å². The first-order valence-corrected chi connectivity index (χ1v) is 8.55. The van der Waals surface area contributed by atoms with Crippen molar-refractivity contribution in [1.29, 1.82) is 5.26 Å². The van der Waals surface area contributed by atoms with Gasteiger partial charge in [-0.3, -0.25) is 0 Å². The van der Waals surface area contributed by atoms with E-state index in [0.29, 0.717) is 36.2 Å². The van der Waals surface area contributed by atoms with Crippen LogP contribution in [0.1, 0.15) is 49.7 Å². The molecular weight excluding hydrogens is 291 g/mol. The lowest BCUT2D eigenvalue weighted by Gasteiger charge is -2.60. The van der Waals surface area contributed by atoms with Crippen molar-refractivity contribution in [1.82, 2.24) is 0 Å². The Morgan fingerprint density at radius 2 is 1.83 bits per heavy atom. The number of alkyl halides is 1. The van der Waals surface area contributed by atoms with Crippen LogP contribution in [-0.2, 0) is 4.84 Å². The molecule has 1 aromatic carbocycles. The number of hydrogen-bond donors (Lipinski definition) is 0. The summed E-state index contributed by atoms with van der Waals surface area (Å²) in [5.74, 6) is 1.16. The lowest BCUT2D eigenvalue weighted by Crippen LogP contribution is -2.62. The highest BCUT2D eigenvalue weighted by atomic mass is 19.1. The second-order valence-corrected chi connectivity index (χ2v) is 7.94. The van der Waals surface area contributed by atoms with Crippen molar-refractivity contribution in [2.75, 3.05) is 0 Å². The standard InChI is InChI=1S/C19H19FN2O/c20-18-7-13-5-15(8-18)19(16(6-13)9-18)10-17(22-23-19)14-3-1-12(11-21)2-4-14/h1-4,13,15-16H,5-10H2/t13?,15-,16+,18?,19?. The molecule has 1 spiro atoms. The summed E-state index contributed by atoms with van der Waals surface area (Å²) in [6.45, 7) is 0. The van der Waals surface area contributed by atoms with Gasteiger partial charge in [0.05, 0.1) is 17.3 Å². The normalized spacial score (nSPS) is 43.3. The average Bonchev–Trinajstić information content (AvgIpc) is 2.98. The van der Waals surface area contributed by atoms with Crippen LogP contribution in [0.15, 0.2) is 29.4 Å². The van der Waals surface area contributed by atoms with Gasteiger partial charge in [-0.2, -0.15) is 5.26 Å². The van der Waals surface area contributed by atoms with Gasteiger partial charge in [-0.05, 0) is 55.7 Å². The molecule has 23 heavy (non-hydrogen) atoms. The van der Waals surface area contributed by atoms with Gasteiger partial charge in [0, 0.05) is 18.3 Å². The Balaban J connectivity index is 1.43. The molecule has 3 unspecified atom stereocenters. The second kappa shape index (κ2) is 4.35. The maximum atomic E-state index is 14.9. The third kappa shape index (κ3) is 1.83. The van der Waals surface area contributed by atoms with E-state index in [1.807, 2.05) is 24.3 Å². The summed E-state index contributed by atoms with van der Waals surface area (Å²) >= 11 is 0. The fraction of sp³-hybridized carbons (Fsp3) is 0.579. The number of benzene rings is 1. The third-order valence-electron chi connectivity index (χ3n) is 6.61. The Morgan fingerprint density at radius 1 is 1.13 bits per heavy atom. The molecule has 1 aliphatic heterocycles. The fourth-order valence-corrected chi connectivity index (χ4v) is 5.76. The van der Waals surface area contributed by atoms with Crippen molar-refractivity contribution in [2.24, 2.45) is 22.9 Å². The SMILES string of the molecule is N#Cc1ccc(C2=NOC3(C2)[C@@H]2CC4C[C@H]3CC(F)(C4)C2)cc1. The van der Waals surface area contributed by atoms with Crippen LogP contribution < -0.4 is 0 Å². The highest BCUT2D eigenvalue weighted by Gasteiger charge is 2.66. The van der Waals surface area contributed by atoms with E-state index in [1.165, 1.54) is 0 Å². The molecule has 118 valence electrons. The van der Waals surface area contributed by atoms with E-state index in [0.717, 1.165) is 37.0 Å². The molecule has 4 saturated carbocycles. The minimum absolute atomic E-state index is 0.268. The van der Waals surface area contributed by atoms with Gasteiger partial charge in [-0.25, -0.2) is 4.39 Å². The van der Waals surface area contributed by atoms with Crippen LogP contribution in [0.4, 0.5) is 4.39 Å². The molecule has 0 aromatic heterocycles. The minimum atomic E-state index is -0.942. The van der Waals surface area contributed by atoms with Gasteiger partial charge in [0.25, 0.3) is 0 Å². The number of oxime groups is 1. The summed E-state index contributed by atoms with van der Waals surface area (Å²) in [5, 5.41) is 13.3. The molecule has 4 fully saturated rings. The van der Waals surface area contributed by atoms with E-state index in [9.17, 15) is 4.39 Å². The van der Waals surface area contributed by atoms with Crippen LogP contribution in [0, 0.1) is 29.1 Å². The molecule has 4 heteroatoms. The summed E-state index contributed by atoms with van der Waals surface area (Å²) in [4.78, 5) is 6.04. The van der Waals surface area contributed by atoms with Crippen LogP contribution in [0.5, 0.6) is 0 Å². The van der Waals surface area contributed by atoms with E-state index in [1.54, 1.807) is 0 Å². The monoisotopic (exact) mass is 310 g/mol. The van der Waals surface area contributed by atoms with Crippen molar-refractivity contribution in [2.45, 2.75) is 49.8 Å². The maximum absolute atomic E-state index is 14.9. The zero-order valence-electron chi connectivity index (χ0n) is 13.0. The molecule has 4 bridgehead atoms. The minimum Gasteiger partial charge on any atom is -0.388 e. The molecule has 0 amide bonds. The highest BCUT2D eigenvalue weighted by molar-refractivity contribution is 6.01. The Bertz CT molecular complexity index is 717. The summed E-state index contributed by atoms with van der Waals surface area (Å²) in [6.07, 6.45) is 5.04. The Morgan fingerprint density at radius 3 is 2.43 bits per heavy atom. The summed E-state index contributed by atoms with van der Waals surface area (Å²) in [7, 11) is 0. The van der Waals surface area contributed by atoms with Crippen LogP contribution in [-0.4, -0.2) is 17.0 Å². The molecule has 5 atom stereocenters. The first-order valence-electron chi connectivity index (χ1n) is 8.55. The first kappa shape index (κ1) is 13.5. The second-order valence-electron chi connectivity index (χ2n) is 7.94. The summed E-state index contributed by atoms with van der Waals surface area (Å²) in [6, 6.07) is 9.64. The Labute approximate surface area is 135 Å². The molecule has 1 aromatic rings. The van der Waals surface area contributed by atoms with E-state index in [-0.39, 0.29) is 5.60 Å². The van der Waals surface area contributed by atoms with E-state index in [4.69, 9.17) is 10.1 Å². The summed E-state index contributed by atoms with van der Waals surface area (Å²) in [5.41, 5.74) is 1.41. The maximum Gasteiger partial charge on any atom is 0.149 e. The van der Waals surface area contributed by atoms with Crippen molar-refractivity contribution in [3.8, 4) is 6.07 Å². The predicted octanol–water partition coefficient (Wildman–Crippen LogP) is 3.97. The van der Waals surface area contributed by atoms with Gasteiger partial charge in [0.15, 0.2) is 0 Å². The fourth-order valence-electron chi connectivity index (χ4n) is 5.76. The zero-order chi connectivity index (χ0) is 15.7. The third-order valence-corrected chi connectivity index (χ3v) is 6.61. The van der Waals surface area contributed by atoms with E-state index >= 15 is 0 Å². The molecule has 0 radical (unpaired) electrons. The lowest BCUT2D eigenvalue weighted by molar-refractivity contribution is -0.217. The topological polar surface area (TPSA) is 45.4 Å². The van der Waals surface area contributed by atoms with E-state index < -0.39 is 5.67 Å². The van der Waals surface area contributed by atoms with Gasteiger partial charge in [-0.15, -0.1) is 0 Å². The largest absolute Gasteiger partial charge is 0.388 e. The van der Waals surface area contributed by atoms with Crippen molar-refractivity contribution < 1.29 is 9.23 Å². The van der Waals surface area contributed by atoms with Crippen molar-refractivity contribution in [3.63, 3.8) is 0 Å². The first-order chi connectivity index (χ1) is 11.1. The number of nitriles is 1. The molecule has 4 aliphatic carbocycles. The molecule has 0 saturated heterocycles. The van der Waals surface area contributed by atoms with Gasteiger partial charge in [0.2, 0.25) is 0 Å². The number of nitrogens with zero attached hydrogens (tertiary/aromatic N) is 2. The number of hydrogen-bond acceptors (Lipinski definition) is 3. The van der Waals surface area contributed by atoms with Gasteiger partial charge < -0.3 is 4.84 Å². The lowest BCUT2D eigenvalue weighted by atomic mass is 9.48. The molecule has 3 nitrogen and oxygen atoms in total. The van der Waals surface area contributed by atoms with Crippen molar-refractivity contribution >= 4 is 5.71 Å². The quantitative estimate of drug-likeness (QED) is 0.788. The molecule has 1 heterocycles. The summed E-state index contributed by atoms with van der Waals surface area (Å²) < 4.78 is 14.9. The molecular formula is C19H19FN2O. The van der Waals surface area contributed by atoms with Crippen LogP contribution >= 0.6 is 0 Å². The van der Waals surface area contributed by atoms with Crippen LogP contribution in [0.2, 0.25) is 0 Å². The van der Waals surface area contributed by atoms with Gasteiger partial charge >= 0.3 is 0 Å². The predicted molar refractivity (Wildman–Crippen MR) is 83.5 cm³/mol. The molecule has 5 aliphatic rings. The molecule has 6 rings (SSSR count). The number of halogens is 1. The zero-order valence-corrected chi connectivity index (χ0v) is 13.0.